The predicted molar refractivity (Wildman–Crippen MR) is 93.2 cm³/mol. The molecule has 0 spiro atoms. The lowest BCUT2D eigenvalue weighted by Crippen LogP contribution is -2.41. The summed E-state index contributed by atoms with van der Waals surface area (Å²) >= 11 is 0. The number of carbonyl (C=O) groups is 2. The summed E-state index contributed by atoms with van der Waals surface area (Å²) in [6, 6.07) is 10.1. The maximum Gasteiger partial charge on any atom is 0.265 e. The number of aliphatic hydroxyl groups excluding tert-OH is 1. The van der Waals surface area contributed by atoms with Gasteiger partial charge in [-0.15, -0.1) is 0 Å². The van der Waals surface area contributed by atoms with Gasteiger partial charge in [-0.1, -0.05) is 18.2 Å². The molecule has 1 heterocycles. The summed E-state index contributed by atoms with van der Waals surface area (Å²) in [7, 11) is 0. The maximum atomic E-state index is 13.2. The second-order valence-electron chi connectivity index (χ2n) is 6.05. The SMILES string of the molecule is O=C(CCN1C(=O)COc2ccccc21)NC[C@@H](O)c1ccc(F)c(F)c1. The fourth-order valence-electron chi connectivity index (χ4n) is 2.75. The van der Waals surface area contributed by atoms with E-state index < -0.39 is 17.7 Å². The monoisotopic (exact) mass is 376 g/mol. The zero-order valence-electron chi connectivity index (χ0n) is 14.3. The van der Waals surface area contributed by atoms with Crippen LogP contribution in [0.3, 0.4) is 0 Å². The minimum absolute atomic E-state index is 0.0184. The summed E-state index contributed by atoms with van der Waals surface area (Å²) in [6.45, 7) is -0.0860. The normalized spacial score (nSPS) is 14.3. The van der Waals surface area contributed by atoms with Crippen LogP contribution >= 0.6 is 0 Å². The number of anilines is 1. The number of nitrogens with zero attached hydrogens (tertiary/aromatic N) is 1. The third-order valence-corrected chi connectivity index (χ3v) is 4.19. The smallest absolute Gasteiger partial charge is 0.265 e. The van der Waals surface area contributed by atoms with Crippen molar-refractivity contribution < 1.29 is 28.2 Å². The van der Waals surface area contributed by atoms with Crippen LogP contribution in [0.4, 0.5) is 14.5 Å². The lowest BCUT2D eigenvalue weighted by atomic mass is 10.1. The van der Waals surface area contributed by atoms with Gasteiger partial charge >= 0.3 is 0 Å². The van der Waals surface area contributed by atoms with Crippen LogP contribution in [0.5, 0.6) is 5.75 Å². The molecular weight excluding hydrogens is 358 g/mol. The Morgan fingerprint density at radius 2 is 2.00 bits per heavy atom. The van der Waals surface area contributed by atoms with Crippen molar-refractivity contribution in [2.75, 3.05) is 24.6 Å². The van der Waals surface area contributed by atoms with Crippen LogP contribution in [0.1, 0.15) is 18.1 Å². The molecule has 2 aromatic rings. The third-order valence-electron chi connectivity index (χ3n) is 4.19. The molecular formula is C19H18F2N2O4. The molecule has 1 aliphatic heterocycles. The highest BCUT2D eigenvalue weighted by atomic mass is 19.2. The highest BCUT2D eigenvalue weighted by Gasteiger charge is 2.25. The Morgan fingerprint density at radius 1 is 1.22 bits per heavy atom. The summed E-state index contributed by atoms with van der Waals surface area (Å²) in [5, 5.41) is 12.5. The van der Waals surface area contributed by atoms with Gasteiger partial charge in [0.1, 0.15) is 5.75 Å². The molecule has 2 amide bonds. The number of fused-ring (bicyclic) bond motifs is 1. The summed E-state index contributed by atoms with van der Waals surface area (Å²) in [6.07, 6.45) is -1.15. The van der Waals surface area contributed by atoms with Crippen molar-refractivity contribution >= 4 is 17.5 Å². The van der Waals surface area contributed by atoms with Gasteiger partial charge in [-0.3, -0.25) is 9.59 Å². The predicted octanol–water partition coefficient (Wildman–Crippen LogP) is 1.93. The highest BCUT2D eigenvalue weighted by molar-refractivity contribution is 5.98. The van der Waals surface area contributed by atoms with E-state index in [4.69, 9.17) is 4.74 Å². The first kappa shape index (κ1) is 18.8. The Morgan fingerprint density at radius 3 is 2.78 bits per heavy atom. The fourth-order valence-corrected chi connectivity index (χ4v) is 2.75. The molecule has 0 unspecified atom stereocenters. The van der Waals surface area contributed by atoms with Crippen LogP contribution in [-0.4, -0.2) is 36.6 Å². The number of hydrogen-bond donors (Lipinski definition) is 2. The summed E-state index contributed by atoms with van der Waals surface area (Å²) in [4.78, 5) is 25.6. The molecule has 0 radical (unpaired) electrons. The van der Waals surface area contributed by atoms with E-state index in [-0.39, 0.29) is 43.5 Å². The average Bonchev–Trinajstić information content (AvgIpc) is 2.67. The largest absolute Gasteiger partial charge is 0.482 e. The van der Waals surface area contributed by atoms with Crippen LogP contribution in [-0.2, 0) is 9.59 Å². The molecule has 0 saturated heterocycles. The van der Waals surface area contributed by atoms with Gasteiger partial charge < -0.3 is 20.1 Å². The van der Waals surface area contributed by atoms with Crippen molar-refractivity contribution in [3.05, 3.63) is 59.7 Å². The Balaban J connectivity index is 1.52. The van der Waals surface area contributed by atoms with Crippen molar-refractivity contribution in [2.45, 2.75) is 12.5 Å². The number of hydrogen-bond acceptors (Lipinski definition) is 4. The molecule has 8 heteroatoms. The van der Waals surface area contributed by atoms with E-state index in [1.165, 1.54) is 11.0 Å². The molecule has 0 aliphatic carbocycles. The average molecular weight is 376 g/mol. The lowest BCUT2D eigenvalue weighted by Gasteiger charge is -2.29. The van der Waals surface area contributed by atoms with Gasteiger partial charge in [-0.2, -0.15) is 0 Å². The van der Waals surface area contributed by atoms with Gasteiger partial charge in [-0.25, -0.2) is 8.78 Å². The Hall–Kier alpha value is -3.00. The van der Waals surface area contributed by atoms with E-state index >= 15 is 0 Å². The van der Waals surface area contributed by atoms with Gasteiger partial charge in [-0.05, 0) is 29.8 Å². The first-order valence-electron chi connectivity index (χ1n) is 8.37. The Labute approximate surface area is 154 Å². The number of aliphatic hydroxyl groups is 1. The quantitative estimate of drug-likeness (QED) is 0.808. The van der Waals surface area contributed by atoms with Crippen LogP contribution in [0.25, 0.3) is 0 Å². The molecule has 2 N–H and O–H groups in total. The maximum absolute atomic E-state index is 13.2. The molecule has 2 aromatic carbocycles. The van der Waals surface area contributed by atoms with Crippen LogP contribution in [0, 0.1) is 11.6 Å². The second-order valence-corrected chi connectivity index (χ2v) is 6.05. The number of para-hydroxylation sites is 2. The molecule has 6 nitrogen and oxygen atoms in total. The van der Waals surface area contributed by atoms with Crippen molar-refractivity contribution in [3.8, 4) is 5.75 Å². The molecule has 142 valence electrons. The Bertz CT molecular complexity index is 859. The van der Waals surface area contributed by atoms with Crippen molar-refractivity contribution in [3.63, 3.8) is 0 Å². The first-order valence-corrected chi connectivity index (χ1v) is 8.37. The second kappa shape index (κ2) is 8.13. The zero-order valence-corrected chi connectivity index (χ0v) is 14.3. The minimum atomic E-state index is -1.17. The highest BCUT2D eigenvalue weighted by Crippen LogP contribution is 2.31. The number of amides is 2. The van der Waals surface area contributed by atoms with Gasteiger partial charge in [0.25, 0.3) is 5.91 Å². The van der Waals surface area contributed by atoms with E-state index in [1.54, 1.807) is 24.3 Å². The number of benzene rings is 2. The van der Waals surface area contributed by atoms with Gasteiger partial charge in [0.05, 0.1) is 11.8 Å². The number of carbonyl (C=O) groups excluding carboxylic acids is 2. The molecule has 0 saturated carbocycles. The van der Waals surface area contributed by atoms with Gasteiger partial charge in [0.15, 0.2) is 18.2 Å². The standard InChI is InChI=1S/C19H18F2N2O4/c20-13-6-5-12(9-14(13)21)16(24)10-22-18(25)7-8-23-15-3-1-2-4-17(15)27-11-19(23)26/h1-6,9,16,24H,7-8,10-11H2,(H,22,25)/t16-/m1/s1. The van der Waals surface area contributed by atoms with Crippen molar-refractivity contribution in [1.29, 1.82) is 0 Å². The molecule has 3 rings (SSSR count). The zero-order chi connectivity index (χ0) is 19.4. The molecule has 1 aliphatic rings. The number of rotatable bonds is 6. The molecule has 0 fully saturated rings. The number of halogens is 2. The van der Waals surface area contributed by atoms with Crippen LogP contribution in [0.2, 0.25) is 0 Å². The summed E-state index contributed by atoms with van der Waals surface area (Å²) in [5.74, 6) is -2.13. The first-order chi connectivity index (χ1) is 13.0. The lowest BCUT2D eigenvalue weighted by molar-refractivity contribution is -0.122. The van der Waals surface area contributed by atoms with E-state index in [1.807, 2.05) is 0 Å². The molecule has 27 heavy (non-hydrogen) atoms. The number of ether oxygens (including phenoxy) is 1. The van der Waals surface area contributed by atoms with Crippen molar-refractivity contribution in [1.82, 2.24) is 5.32 Å². The molecule has 0 aromatic heterocycles. The third kappa shape index (κ3) is 4.40. The Kier molecular flexibility index (Phi) is 5.66. The summed E-state index contributed by atoms with van der Waals surface area (Å²) < 4.78 is 31.5. The number of nitrogens with one attached hydrogen (secondary N) is 1. The minimum Gasteiger partial charge on any atom is -0.482 e. The van der Waals surface area contributed by atoms with Gasteiger partial charge in [0, 0.05) is 19.5 Å². The van der Waals surface area contributed by atoms with E-state index in [0.717, 1.165) is 12.1 Å². The molecule has 0 bridgehead atoms. The van der Waals surface area contributed by atoms with Gasteiger partial charge in [0.2, 0.25) is 5.91 Å². The van der Waals surface area contributed by atoms with Crippen molar-refractivity contribution in [2.24, 2.45) is 0 Å². The van der Waals surface area contributed by atoms with E-state index in [2.05, 4.69) is 5.32 Å². The fraction of sp³-hybridized carbons (Fsp3) is 0.263. The topological polar surface area (TPSA) is 78.9 Å². The van der Waals surface area contributed by atoms with Crippen LogP contribution in [0.15, 0.2) is 42.5 Å². The van der Waals surface area contributed by atoms with E-state index in [0.29, 0.717) is 11.4 Å². The van der Waals surface area contributed by atoms with E-state index in [9.17, 15) is 23.5 Å². The summed E-state index contributed by atoms with van der Waals surface area (Å²) in [5.41, 5.74) is 0.759. The molecule has 1 atom stereocenters. The van der Waals surface area contributed by atoms with Crippen LogP contribution < -0.4 is 15.0 Å².